The third-order valence-electron chi connectivity index (χ3n) is 3.71. The minimum absolute atomic E-state index is 0.198. The molecule has 2 aromatic rings. The van der Waals surface area contributed by atoms with Crippen molar-refractivity contribution in [2.75, 3.05) is 0 Å². The van der Waals surface area contributed by atoms with Crippen molar-refractivity contribution in [1.82, 2.24) is 0 Å². The Morgan fingerprint density at radius 1 is 1.13 bits per heavy atom. The summed E-state index contributed by atoms with van der Waals surface area (Å²) in [4.78, 5) is 0. The van der Waals surface area contributed by atoms with E-state index in [2.05, 4.69) is 0 Å². The van der Waals surface area contributed by atoms with Gasteiger partial charge >= 0.3 is 0 Å². The molecule has 0 fully saturated rings. The van der Waals surface area contributed by atoms with Crippen molar-refractivity contribution in [3.8, 4) is 6.07 Å². The fraction of sp³-hybridized carbons (Fsp3) is 0.250. The number of rotatable bonds is 6. The third-order valence-corrected chi connectivity index (χ3v) is 3.71. The number of aryl methyl sites for hydroxylation is 2. The molecule has 0 aliphatic heterocycles. The number of benzene rings is 2. The highest BCUT2D eigenvalue weighted by molar-refractivity contribution is 5.59. The molecule has 2 rings (SSSR count). The molecule has 1 nitrogen and oxygen atoms in total. The van der Waals surface area contributed by atoms with E-state index in [0.717, 1.165) is 18.4 Å². The lowest BCUT2D eigenvalue weighted by Crippen LogP contribution is -1.96. The van der Waals surface area contributed by atoms with Gasteiger partial charge in [0.15, 0.2) is 0 Å². The summed E-state index contributed by atoms with van der Waals surface area (Å²) >= 11 is 0. The topological polar surface area (TPSA) is 23.8 Å². The van der Waals surface area contributed by atoms with Crippen LogP contribution in [0.15, 0.2) is 48.5 Å². The Kier molecular flexibility index (Phi) is 6.05. The average Bonchev–Trinajstić information content (AvgIpc) is 2.59. The highest BCUT2D eigenvalue weighted by Crippen LogP contribution is 2.19. The molecular formula is C20H19F2N. The van der Waals surface area contributed by atoms with E-state index in [1.807, 2.05) is 25.1 Å². The van der Waals surface area contributed by atoms with Gasteiger partial charge in [-0.3, -0.25) is 0 Å². The summed E-state index contributed by atoms with van der Waals surface area (Å²) in [5, 5.41) is 8.73. The largest absolute Gasteiger partial charge is 0.207 e. The monoisotopic (exact) mass is 311 g/mol. The van der Waals surface area contributed by atoms with Crippen LogP contribution in [-0.2, 0) is 12.8 Å². The quantitative estimate of drug-likeness (QED) is 0.682. The molecule has 0 amide bonds. The summed E-state index contributed by atoms with van der Waals surface area (Å²) in [7, 11) is 0. The Bertz CT molecular complexity index is 724. The first-order chi connectivity index (χ1) is 11.1. The molecule has 0 unspecified atom stereocenters. The van der Waals surface area contributed by atoms with Crippen molar-refractivity contribution in [3.05, 3.63) is 76.6 Å². The summed E-state index contributed by atoms with van der Waals surface area (Å²) in [6.45, 7) is 2.01. The van der Waals surface area contributed by atoms with E-state index in [-0.39, 0.29) is 11.6 Å². The van der Waals surface area contributed by atoms with Crippen LogP contribution in [0.25, 0.3) is 5.83 Å². The molecular weight excluding hydrogens is 292 g/mol. The highest BCUT2D eigenvalue weighted by Gasteiger charge is 2.05. The van der Waals surface area contributed by atoms with Gasteiger partial charge in [0.1, 0.15) is 11.6 Å². The van der Waals surface area contributed by atoms with Gasteiger partial charge in [-0.2, -0.15) is 5.26 Å². The molecule has 0 spiro atoms. The molecule has 0 aliphatic rings. The van der Waals surface area contributed by atoms with Gasteiger partial charge in [0, 0.05) is 5.56 Å². The zero-order valence-corrected chi connectivity index (χ0v) is 13.2. The van der Waals surface area contributed by atoms with E-state index in [1.165, 1.54) is 6.07 Å². The number of hydrogen-bond donors (Lipinski definition) is 0. The molecule has 0 bridgehead atoms. The first kappa shape index (κ1) is 16.9. The number of nitrogens with zero attached hydrogens (tertiary/aromatic N) is 1. The van der Waals surface area contributed by atoms with Crippen LogP contribution in [0.3, 0.4) is 0 Å². The van der Waals surface area contributed by atoms with Crippen LogP contribution in [-0.4, -0.2) is 0 Å². The maximum Gasteiger partial charge on any atom is 0.127 e. The maximum atomic E-state index is 13.8. The summed E-state index contributed by atoms with van der Waals surface area (Å²) in [5.74, 6) is -0.550. The van der Waals surface area contributed by atoms with Crippen LogP contribution in [0, 0.1) is 17.1 Å². The Morgan fingerprint density at radius 3 is 2.48 bits per heavy atom. The Hall–Kier alpha value is -2.47. The predicted octanol–water partition coefficient (Wildman–Crippen LogP) is 5.59. The van der Waals surface area contributed by atoms with Crippen molar-refractivity contribution >= 4 is 5.83 Å². The van der Waals surface area contributed by atoms with E-state index in [1.54, 1.807) is 30.3 Å². The van der Waals surface area contributed by atoms with Crippen LogP contribution < -0.4 is 0 Å². The number of halogens is 2. The lowest BCUT2D eigenvalue weighted by atomic mass is 10.0. The van der Waals surface area contributed by atoms with E-state index in [4.69, 9.17) is 5.26 Å². The SMILES string of the molecule is CCC/C=C(/F)c1ccc(CCc2ccc(C#N)cc2F)cc1. The second kappa shape index (κ2) is 8.24. The normalized spacial score (nSPS) is 11.3. The smallest absolute Gasteiger partial charge is 0.127 e. The Labute approximate surface area is 135 Å². The second-order valence-electron chi connectivity index (χ2n) is 5.46. The van der Waals surface area contributed by atoms with Gasteiger partial charge in [-0.1, -0.05) is 43.7 Å². The molecule has 0 saturated heterocycles. The molecule has 2 aromatic carbocycles. The van der Waals surface area contributed by atoms with Crippen LogP contribution in [0.5, 0.6) is 0 Å². The molecule has 0 N–H and O–H groups in total. The lowest BCUT2D eigenvalue weighted by Gasteiger charge is -2.05. The minimum Gasteiger partial charge on any atom is -0.207 e. The first-order valence-electron chi connectivity index (χ1n) is 7.77. The van der Waals surface area contributed by atoms with Gasteiger partial charge in [0.25, 0.3) is 0 Å². The first-order valence-corrected chi connectivity index (χ1v) is 7.77. The van der Waals surface area contributed by atoms with Crippen molar-refractivity contribution in [2.45, 2.75) is 32.6 Å². The molecule has 0 saturated carbocycles. The van der Waals surface area contributed by atoms with Crippen LogP contribution in [0.2, 0.25) is 0 Å². The van der Waals surface area contributed by atoms with Gasteiger partial charge in [0.05, 0.1) is 11.6 Å². The molecule has 118 valence electrons. The molecule has 0 aromatic heterocycles. The zero-order valence-electron chi connectivity index (χ0n) is 13.2. The molecule has 23 heavy (non-hydrogen) atoms. The predicted molar refractivity (Wildman–Crippen MR) is 89.0 cm³/mol. The van der Waals surface area contributed by atoms with Crippen molar-refractivity contribution in [1.29, 1.82) is 5.26 Å². The van der Waals surface area contributed by atoms with E-state index in [9.17, 15) is 8.78 Å². The molecule has 0 aliphatic carbocycles. The van der Waals surface area contributed by atoms with Crippen molar-refractivity contribution in [2.24, 2.45) is 0 Å². The Balaban J connectivity index is 2.00. The van der Waals surface area contributed by atoms with E-state index < -0.39 is 0 Å². The summed E-state index contributed by atoms with van der Waals surface area (Å²) in [6.07, 6.45) is 4.46. The van der Waals surface area contributed by atoms with Gasteiger partial charge in [-0.15, -0.1) is 0 Å². The Morgan fingerprint density at radius 2 is 1.87 bits per heavy atom. The van der Waals surface area contributed by atoms with Crippen molar-refractivity contribution < 1.29 is 8.78 Å². The number of unbranched alkanes of at least 4 members (excludes halogenated alkanes) is 1. The molecule has 0 atom stereocenters. The summed E-state index contributed by atoms with van der Waals surface area (Å²) in [5.41, 5.74) is 2.51. The van der Waals surface area contributed by atoms with Gasteiger partial charge in [-0.25, -0.2) is 8.78 Å². The third kappa shape index (κ3) is 4.75. The van der Waals surface area contributed by atoms with Gasteiger partial charge in [-0.05, 0) is 48.6 Å². The van der Waals surface area contributed by atoms with Crippen LogP contribution in [0.1, 0.15) is 42.0 Å². The zero-order chi connectivity index (χ0) is 16.7. The molecule has 3 heteroatoms. The number of hydrogen-bond acceptors (Lipinski definition) is 1. The van der Waals surface area contributed by atoms with Crippen LogP contribution >= 0.6 is 0 Å². The highest BCUT2D eigenvalue weighted by atomic mass is 19.1. The molecule has 0 radical (unpaired) electrons. The minimum atomic E-state index is -0.353. The van der Waals surface area contributed by atoms with E-state index >= 15 is 0 Å². The standard InChI is InChI=1S/C20H19F2N/c1-2-3-4-19(21)17-9-5-15(6-10-17)7-11-18-12-8-16(14-23)13-20(18)22/h4-6,8-10,12-13H,2-3,7,11H2,1H3/b19-4+. The summed E-state index contributed by atoms with van der Waals surface area (Å²) < 4.78 is 27.6. The fourth-order valence-electron chi connectivity index (χ4n) is 2.32. The van der Waals surface area contributed by atoms with Crippen molar-refractivity contribution in [3.63, 3.8) is 0 Å². The van der Waals surface area contributed by atoms with E-state index in [0.29, 0.717) is 29.5 Å². The lowest BCUT2D eigenvalue weighted by molar-refractivity contribution is 0.608. The second-order valence-corrected chi connectivity index (χ2v) is 5.46. The number of allylic oxidation sites excluding steroid dienone is 1. The molecule has 0 heterocycles. The van der Waals surface area contributed by atoms with Gasteiger partial charge in [0.2, 0.25) is 0 Å². The average molecular weight is 311 g/mol. The number of nitriles is 1. The maximum absolute atomic E-state index is 13.8. The van der Waals surface area contributed by atoms with Crippen LogP contribution in [0.4, 0.5) is 8.78 Å². The summed E-state index contributed by atoms with van der Waals surface area (Å²) in [6, 6.07) is 13.7. The fourth-order valence-corrected chi connectivity index (χ4v) is 2.32. The van der Waals surface area contributed by atoms with Gasteiger partial charge < -0.3 is 0 Å².